The van der Waals surface area contributed by atoms with E-state index in [0.29, 0.717) is 18.0 Å². The Labute approximate surface area is 113 Å². The fourth-order valence-electron chi connectivity index (χ4n) is 2.08. The van der Waals surface area contributed by atoms with Gasteiger partial charge in [0.15, 0.2) is 11.5 Å². The second kappa shape index (κ2) is 5.32. The van der Waals surface area contributed by atoms with Crippen LogP contribution in [0, 0.1) is 6.92 Å². The van der Waals surface area contributed by atoms with Crippen LogP contribution in [-0.4, -0.2) is 23.8 Å². The fraction of sp³-hybridized carbons (Fsp3) is 0.357. The highest BCUT2D eigenvalue weighted by molar-refractivity contribution is 5.66. The molecule has 0 aliphatic rings. The van der Waals surface area contributed by atoms with E-state index in [1.165, 1.54) is 0 Å². The zero-order chi connectivity index (χ0) is 14.0. The van der Waals surface area contributed by atoms with E-state index in [1.54, 1.807) is 14.2 Å². The lowest BCUT2D eigenvalue weighted by molar-refractivity contribution is 0.355. The molecule has 2 rings (SSSR count). The number of ether oxygens (including phenoxy) is 2. The Balaban J connectivity index is 2.53. The first-order valence-corrected chi connectivity index (χ1v) is 6.07. The van der Waals surface area contributed by atoms with E-state index >= 15 is 0 Å². The Bertz CT molecular complexity index is 591. The van der Waals surface area contributed by atoms with Crippen LogP contribution < -0.4 is 15.2 Å². The topological polar surface area (TPSA) is 62.3 Å². The molecule has 5 heteroatoms. The molecule has 0 atom stereocenters. The summed E-state index contributed by atoms with van der Waals surface area (Å²) in [5, 5.41) is 0. The summed E-state index contributed by atoms with van der Waals surface area (Å²) in [7, 11) is 5.21. The van der Waals surface area contributed by atoms with Gasteiger partial charge in [-0.2, -0.15) is 0 Å². The predicted octanol–water partition coefficient (Wildman–Crippen LogP) is 1.87. The van der Waals surface area contributed by atoms with Crippen molar-refractivity contribution >= 4 is 0 Å². The summed E-state index contributed by atoms with van der Waals surface area (Å²) in [5.74, 6) is 2.26. The predicted molar refractivity (Wildman–Crippen MR) is 74.4 cm³/mol. The van der Waals surface area contributed by atoms with Crippen LogP contribution in [0.5, 0.6) is 11.5 Å². The summed E-state index contributed by atoms with van der Waals surface area (Å²) in [5.41, 5.74) is 8.67. The zero-order valence-corrected chi connectivity index (χ0v) is 11.7. The van der Waals surface area contributed by atoms with Crippen LogP contribution in [0.15, 0.2) is 18.2 Å². The van der Waals surface area contributed by atoms with Gasteiger partial charge in [-0.25, -0.2) is 4.98 Å². The standard InChI is InChI=1S/C14H19N3O2/c1-9-14(16-13(8-15)17(9)2)10-5-6-11(18-3)12(7-10)19-4/h5-7H,8,15H2,1-4H3. The van der Waals surface area contributed by atoms with Gasteiger partial charge in [-0.15, -0.1) is 0 Å². The lowest BCUT2D eigenvalue weighted by Gasteiger charge is -2.09. The largest absolute Gasteiger partial charge is 0.493 e. The third-order valence-electron chi connectivity index (χ3n) is 3.31. The average molecular weight is 261 g/mol. The van der Waals surface area contributed by atoms with E-state index in [1.807, 2.05) is 36.7 Å². The molecule has 0 aliphatic heterocycles. The number of imidazole rings is 1. The van der Waals surface area contributed by atoms with Gasteiger partial charge in [0.2, 0.25) is 0 Å². The number of methoxy groups -OCH3 is 2. The number of hydrogen-bond donors (Lipinski definition) is 1. The molecule has 0 amide bonds. The molecule has 102 valence electrons. The minimum atomic E-state index is 0.421. The third kappa shape index (κ3) is 2.29. The minimum absolute atomic E-state index is 0.421. The van der Waals surface area contributed by atoms with Crippen molar-refractivity contribution in [3.05, 3.63) is 29.7 Å². The molecular formula is C14H19N3O2. The minimum Gasteiger partial charge on any atom is -0.493 e. The van der Waals surface area contributed by atoms with Gasteiger partial charge in [-0.05, 0) is 25.1 Å². The first-order valence-electron chi connectivity index (χ1n) is 6.07. The highest BCUT2D eigenvalue weighted by Gasteiger charge is 2.14. The van der Waals surface area contributed by atoms with E-state index in [4.69, 9.17) is 15.2 Å². The molecule has 5 nitrogen and oxygen atoms in total. The molecule has 1 heterocycles. The van der Waals surface area contributed by atoms with Gasteiger partial charge in [0.1, 0.15) is 5.82 Å². The van der Waals surface area contributed by atoms with Crippen LogP contribution in [0.1, 0.15) is 11.5 Å². The van der Waals surface area contributed by atoms with Gasteiger partial charge in [0.05, 0.1) is 26.5 Å². The molecule has 0 fully saturated rings. The molecule has 0 radical (unpaired) electrons. The number of hydrogen-bond acceptors (Lipinski definition) is 4. The van der Waals surface area contributed by atoms with Crippen LogP contribution in [0.25, 0.3) is 11.3 Å². The highest BCUT2D eigenvalue weighted by atomic mass is 16.5. The summed E-state index contributed by atoms with van der Waals surface area (Å²) < 4.78 is 12.6. The monoisotopic (exact) mass is 261 g/mol. The summed E-state index contributed by atoms with van der Waals surface area (Å²) in [4.78, 5) is 4.57. The maximum Gasteiger partial charge on any atom is 0.161 e. The van der Waals surface area contributed by atoms with Gasteiger partial charge in [0.25, 0.3) is 0 Å². The fourth-order valence-corrected chi connectivity index (χ4v) is 2.08. The second-order valence-electron chi connectivity index (χ2n) is 4.29. The molecular weight excluding hydrogens is 242 g/mol. The lowest BCUT2D eigenvalue weighted by atomic mass is 10.1. The molecule has 2 aromatic rings. The highest BCUT2D eigenvalue weighted by Crippen LogP contribution is 2.33. The quantitative estimate of drug-likeness (QED) is 0.912. The van der Waals surface area contributed by atoms with Crippen LogP contribution in [0.2, 0.25) is 0 Å². The summed E-state index contributed by atoms with van der Waals surface area (Å²) >= 11 is 0. The first kappa shape index (κ1) is 13.4. The van der Waals surface area contributed by atoms with E-state index in [9.17, 15) is 0 Å². The van der Waals surface area contributed by atoms with Crippen molar-refractivity contribution in [2.45, 2.75) is 13.5 Å². The number of nitrogens with zero attached hydrogens (tertiary/aromatic N) is 2. The Morgan fingerprint density at radius 3 is 2.42 bits per heavy atom. The molecule has 1 aromatic carbocycles. The number of benzene rings is 1. The van der Waals surface area contributed by atoms with Crippen LogP contribution in [-0.2, 0) is 13.6 Å². The molecule has 19 heavy (non-hydrogen) atoms. The maximum atomic E-state index is 5.68. The van der Waals surface area contributed by atoms with Crippen LogP contribution >= 0.6 is 0 Å². The Kier molecular flexibility index (Phi) is 3.76. The van der Waals surface area contributed by atoms with Crippen LogP contribution in [0.3, 0.4) is 0 Å². The Morgan fingerprint density at radius 1 is 1.21 bits per heavy atom. The summed E-state index contributed by atoms with van der Waals surface area (Å²) in [6.07, 6.45) is 0. The molecule has 0 saturated carbocycles. The van der Waals surface area contributed by atoms with E-state index in [0.717, 1.165) is 22.8 Å². The zero-order valence-electron chi connectivity index (χ0n) is 11.7. The van der Waals surface area contributed by atoms with Gasteiger partial charge in [-0.1, -0.05) is 0 Å². The number of aromatic nitrogens is 2. The van der Waals surface area contributed by atoms with E-state index < -0.39 is 0 Å². The lowest BCUT2D eigenvalue weighted by Crippen LogP contribution is -2.05. The number of rotatable bonds is 4. The van der Waals surface area contributed by atoms with Gasteiger partial charge >= 0.3 is 0 Å². The van der Waals surface area contributed by atoms with Crippen molar-refractivity contribution < 1.29 is 9.47 Å². The van der Waals surface area contributed by atoms with E-state index in [-0.39, 0.29) is 0 Å². The molecule has 0 spiro atoms. The number of nitrogens with two attached hydrogens (primary N) is 1. The van der Waals surface area contributed by atoms with Crippen molar-refractivity contribution in [1.29, 1.82) is 0 Å². The smallest absolute Gasteiger partial charge is 0.161 e. The van der Waals surface area contributed by atoms with Crippen molar-refractivity contribution in [2.24, 2.45) is 12.8 Å². The van der Waals surface area contributed by atoms with Gasteiger partial charge < -0.3 is 19.8 Å². The molecule has 0 saturated heterocycles. The van der Waals surface area contributed by atoms with Gasteiger partial charge in [0, 0.05) is 18.3 Å². The first-order chi connectivity index (χ1) is 9.12. The molecule has 0 unspecified atom stereocenters. The van der Waals surface area contributed by atoms with Crippen molar-refractivity contribution in [3.63, 3.8) is 0 Å². The average Bonchev–Trinajstić information content (AvgIpc) is 2.74. The summed E-state index contributed by atoms with van der Waals surface area (Å²) in [6, 6.07) is 5.77. The Morgan fingerprint density at radius 2 is 1.89 bits per heavy atom. The second-order valence-corrected chi connectivity index (χ2v) is 4.29. The molecule has 0 aliphatic carbocycles. The Hall–Kier alpha value is -2.01. The SMILES string of the molecule is COc1ccc(-c2nc(CN)n(C)c2C)cc1OC. The van der Waals surface area contributed by atoms with Gasteiger partial charge in [-0.3, -0.25) is 0 Å². The maximum absolute atomic E-state index is 5.68. The summed E-state index contributed by atoms with van der Waals surface area (Å²) in [6.45, 7) is 2.45. The third-order valence-corrected chi connectivity index (χ3v) is 3.31. The normalized spacial score (nSPS) is 10.6. The van der Waals surface area contributed by atoms with Crippen LogP contribution in [0.4, 0.5) is 0 Å². The van der Waals surface area contributed by atoms with Crippen molar-refractivity contribution in [1.82, 2.24) is 9.55 Å². The van der Waals surface area contributed by atoms with Crippen molar-refractivity contribution in [2.75, 3.05) is 14.2 Å². The van der Waals surface area contributed by atoms with Crippen molar-refractivity contribution in [3.8, 4) is 22.8 Å². The molecule has 2 N–H and O–H groups in total. The molecule has 0 bridgehead atoms. The molecule has 1 aromatic heterocycles. The van der Waals surface area contributed by atoms with E-state index in [2.05, 4.69) is 4.98 Å².